The Balaban J connectivity index is 1.74. The summed E-state index contributed by atoms with van der Waals surface area (Å²) in [6, 6.07) is 7.81. The van der Waals surface area contributed by atoms with Gasteiger partial charge in [0.2, 0.25) is 5.88 Å². The Morgan fingerprint density at radius 2 is 2.17 bits per heavy atom. The average Bonchev–Trinajstić information content (AvgIpc) is 2.81. The van der Waals surface area contributed by atoms with Crippen LogP contribution in [0.1, 0.15) is 11.4 Å². The SMILES string of the molecule is COc1cccc(CNCCc2ccn(C)n2)n1. The Bertz CT molecular complexity index is 495. The summed E-state index contributed by atoms with van der Waals surface area (Å²) in [4.78, 5) is 4.34. The summed E-state index contributed by atoms with van der Waals surface area (Å²) in [6.45, 7) is 1.62. The minimum absolute atomic E-state index is 0.652. The molecule has 18 heavy (non-hydrogen) atoms. The fourth-order valence-electron chi connectivity index (χ4n) is 1.70. The van der Waals surface area contributed by atoms with Crippen LogP contribution in [0, 0.1) is 0 Å². The second-order valence-corrected chi connectivity index (χ2v) is 4.08. The molecule has 0 atom stereocenters. The molecule has 2 rings (SSSR count). The number of rotatable bonds is 6. The molecular formula is C13H18N4O. The molecule has 0 unspecified atom stereocenters. The van der Waals surface area contributed by atoms with Crippen LogP contribution in [0.15, 0.2) is 30.5 Å². The lowest BCUT2D eigenvalue weighted by Gasteiger charge is -2.04. The molecule has 0 aromatic carbocycles. The van der Waals surface area contributed by atoms with E-state index in [1.165, 1.54) is 0 Å². The van der Waals surface area contributed by atoms with Gasteiger partial charge >= 0.3 is 0 Å². The van der Waals surface area contributed by atoms with E-state index in [4.69, 9.17) is 4.74 Å². The van der Waals surface area contributed by atoms with Gasteiger partial charge in [-0.2, -0.15) is 5.10 Å². The number of nitrogens with zero attached hydrogens (tertiary/aromatic N) is 3. The first kappa shape index (κ1) is 12.6. The highest BCUT2D eigenvalue weighted by Gasteiger charge is 1.99. The van der Waals surface area contributed by atoms with Gasteiger partial charge in [-0.3, -0.25) is 4.68 Å². The van der Waals surface area contributed by atoms with Crippen molar-refractivity contribution in [2.75, 3.05) is 13.7 Å². The van der Waals surface area contributed by atoms with Crippen molar-refractivity contribution >= 4 is 0 Å². The van der Waals surface area contributed by atoms with E-state index in [-0.39, 0.29) is 0 Å². The summed E-state index contributed by atoms with van der Waals surface area (Å²) in [5.74, 6) is 0.652. The van der Waals surface area contributed by atoms with Crippen LogP contribution in [-0.2, 0) is 20.0 Å². The summed E-state index contributed by atoms with van der Waals surface area (Å²) in [6.07, 6.45) is 2.88. The molecule has 0 saturated heterocycles. The van der Waals surface area contributed by atoms with Gasteiger partial charge in [0.25, 0.3) is 0 Å². The maximum atomic E-state index is 5.08. The lowest BCUT2D eigenvalue weighted by atomic mass is 10.3. The van der Waals surface area contributed by atoms with Crippen LogP contribution < -0.4 is 10.1 Å². The fourth-order valence-corrected chi connectivity index (χ4v) is 1.70. The average molecular weight is 246 g/mol. The predicted molar refractivity (Wildman–Crippen MR) is 69.4 cm³/mol. The molecule has 5 heteroatoms. The molecule has 0 fully saturated rings. The Labute approximate surface area is 107 Å². The van der Waals surface area contributed by atoms with Crippen LogP contribution in [0.5, 0.6) is 5.88 Å². The molecular weight excluding hydrogens is 228 g/mol. The van der Waals surface area contributed by atoms with Gasteiger partial charge < -0.3 is 10.1 Å². The quantitative estimate of drug-likeness (QED) is 0.777. The van der Waals surface area contributed by atoms with Crippen molar-refractivity contribution in [3.05, 3.63) is 41.9 Å². The Kier molecular flexibility index (Phi) is 4.30. The van der Waals surface area contributed by atoms with Gasteiger partial charge in [0.05, 0.1) is 18.5 Å². The molecule has 0 aliphatic rings. The second-order valence-electron chi connectivity index (χ2n) is 4.08. The number of methoxy groups -OCH3 is 1. The summed E-state index contributed by atoms with van der Waals surface area (Å²) < 4.78 is 6.90. The van der Waals surface area contributed by atoms with Crippen molar-refractivity contribution in [1.29, 1.82) is 0 Å². The largest absolute Gasteiger partial charge is 0.481 e. The fraction of sp³-hybridized carbons (Fsp3) is 0.385. The summed E-state index contributed by atoms with van der Waals surface area (Å²) in [7, 11) is 3.55. The third kappa shape index (κ3) is 3.56. The summed E-state index contributed by atoms with van der Waals surface area (Å²) >= 11 is 0. The highest BCUT2D eigenvalue weighted by atomic mass is 16.5. The van der Waals surface area contributed by atoms with E-state index in [1.807, 2.05) is 42.2 Å². The third-order valence-electron chi connectivity index (χ3n) is 2.62. The van der Waals surface area contributed by atoms with E-state index in [0.717, 1.165) is 30.9 Å². The lowest BCUT2D eigenvalue weighted by Crippen LogP contribution is -2.17. The maximum Gasteiger partial charge on any atom is 0.213 e. The maximum absolute atomic E-state index is 5.08. The van der Waals surface area contributed by atoms with Crippen molar-refractivity contribution in [2.45, 2.75) is 13.0 Å². The molecule has 5 nitrogen and oxygen atoms in total. The van der Waals surface area contributed by atoms with Gasteiger partial charge in [-0.1, -0.05) is 6.07 Å². The molecule has 0 spiro atoms. The highest BCUT2D eigenvalue weighted by molar-refractivity contribution is 5.15. The van der Waals surface area contributed by atoms with Crippen LogP contribution in [0.25, 0.3) is 0 Å². The van der Waals surface area contributed by atoms with Crippen LogP contribution in [-0.4, -0.2) is 28.4 Å². The van der Waals surface area contributed by atoms with Crippen molar-refractivity contribution in [3.8, 4) is 5.88 Å². The van der Waals surface area contributed by atoms with Gasteiger partial charge in [0.15, 0.2) is 0 Å². The Hall–Kier alpha value is -1.88. The van der Waals surface area contributed by atoms with E-state index >= 15 is 0 Å². The lowest BCUT2D eigenvalue weighted by molar-refractivity contribution is 0.395. The minimum atomic E-state index is 0.652. The summed E-state index contributed by atoms with van der Waals surface area (Å²) in [5, 5.41) is 7.67. The first-order chi connectivity index (χ1) is 8.78. The van der Waals surface area contributed by atoms with Crippen molar-refractivity contribution in [2.24, 2.45) is 7.05 Å². The second kappa shape index (κ2) is 6.16. The minimum Gasteiger partial charge on any atom is -0.481 e. The third-order valence-corrected chi connectivity index (χ3v) is 2.62. The zero-order chi connectivity index (χ0) is 12.8. The van der Waals surface area contributed by atoms with Gasteiger partial charge in [0.1, 0.15) is 0 Å². The number of ether oxygens (including phenoxy) is 1. The standard InChI is InChI=1S/C13H18N4O/c1-17-9-7-11(16-17)6-8-14-10-12-4-3-5-13(15-12)18-2/h3-5,7,9,14H,6,8,10H2,1-2H3. The van der Waals surface area contributed by atoms with Gasteiger partial charge in [0, 0.05) is 38.8 Å². The number of aryl methyl sites for hydroxylation is 1. The van der Waals surface area contributed by atoms with Gasteiger partial charge in [-0.15, -0.1) is 0 Å². The summed E-state index contributed by atoms with van der Waals surface area (Å²) in [5.41, 5.74) is 2.08. The molecule has 2 aromatic rings. The van der Waals surface area contributed by atoms with E-state index in [0.29, 0.717) is 5.88 Å². The van der Waals surface area contributed by atoms with Crippen molar-refractivity contribution in [1.82, 2.24) is 20.1 Å². The number of hydrogen-bond acceptors (Lipinski definition) is 4. The van der Waals surface area contributed by atoms with E-state index in [9.17, 15) is 0 Å². The topological polar surface area (TPSA) is 52.0 Å². The Morgan fingerprint density at radius 3 is 2.89 bits per heavy atom. The number of pyridine rings is 1. The molecule has 0 amide bonds. The van der Waals surface area contributed by atoms with E-state index in [2.05, 4.69) is 15.4 Å². The monoisotopic (exact) mass is 246 g/mol. The molecule has 0 radical (unpaired) electrons. The zero-order valence-electron chi connectivity index (χ0n) is 10.8. The van der Waals surface area contributed by atoms with Crippen LogP contribution in [0.2, 0.25) is 0 Å². The molecule has 96 valence electrons. The zero-order valence-corrected chi connectivity index (χ0v) is 10.8. The number of aromatic nitrogens is 3. The van der Waals surface area contributed by atoms with Crippen LogP contribution in [0.4, 0.5) is 0 Å². The van der Waals surface area contributed by atoms with Crippen molar-refractivity contribution in [3.63, 3.8) is 0 Å². The van der Waals surface area contributed by atoms with E-state index < -0.39 is 0 Å². The first-order valence-corrected chi connectivity index (χ1v) is 5.97. The molecule has 0 aliphatic heterocycles. The molecule has 1 N–H and O–H groups in total. The molecule has 0 aliphatic carbocycles. The number of hydrogen-bond donors (Lipinski definition) is 1. The Morgan fingerprint density at radius 1 is 1.28 bits per heavy atom. The van der Waals surface area contributed by atoms with Gasteiger partial charge in [-0.05, 0) is 12.1 Å². The molecule has 2 heterocycles. The normalized spacial score (nSPS) is 10.6. The van der Waals surface area contributed by atoms with E-state index in [1.54, 1.807) is 7.11 Å². The predicted octanol–water partition coefficient (Wildman–Crippen LogP) is 1.16. The smallest absolute Gasteiger partial charge is 0.213 e. The number of nitrogens with one attached hydrogen (secondary N) is 1. The van der Waals surface area contributed by atoms with Crippen molar-refractivity contribution < 1.29 is 4.74 Å². The molecule has 0 saturated carbocycles. The molecule has 2 aromatic heterocycles. The molecule has 0 bridgehead atoms. The van der Waals surface area contributed by atoms with Gasteiger partial charge in [-0.25, -0.2) is 4.98 Å². The first-order valence-electron chi connectivity index (χ1n) is 5.97. The highest BCUT2D eigenvalue weighted by Crippen LogP contribution is 2.06. The van der Waals surface area contributed by atoms with Crippen LogP contribution >= 0.6 is 0 Å². The van der Waals surface area contributed by atoms with Crippen LogP contribution in [0.3, 0.4) is 0 Å².